The minimum absolute atomic E-state index is 0.0527. The van der Waals surface area contributed by atoms with Crippen molar-refractivity contribution in [2.45, 2.75) is 20.0 Å². The second-order valence-electron chi connectivity index (χ2n) is 4.19. The van der Waals surface area contributed by atoms with Crippen molar-refractivity contribution >= 4 is 5.78 Å². The molecule has 19 heavy (non-hydrogen) atoms. The highest BCUT2D eigenvalue weighted by atomic mass is 19.1. The SMILES string of the molecule is CCC(=O)c1ccc(F)cc1OCc1ccccc1. The average Bonchev–Trinajstić information content (AvgIpc) is 2.45. The van der Waals surface area contributed by atoms with E-state index in [1.54, 1.807) is 6.92 Å². The Kier molecular flexibility index (Phi) is 4.29. The van der Waals surface area contributed by atoms with E-state index in [-0.39, 0.29) is 5.78 Å². The van der Waals surface area contributed by atoms with E-state index in [1.807, 2.05) is 30.3 Å². The Labute approximate surface area is 111 Å². The van der Waals surface area contributed by atoms with E-state index in [2.05, 4.69) is 0 Å². The van der Waals surface area contributed by atoms with Crippen LogP contribution in [0.4, 0.5) is 4.39 Å². The van der Waals surface area contributed by atoms with Crippen LogP contribution in [0.1, 0.15) is 29.3 Å². The molecule has 2 nitrogen and oxygen atoms in total. The molecule has 0 heterocycles. The van der Waals surface area contributed by atoms with E-state index in [0.717, 1.165) is 5.56 Å². The van der Waals surface area contributed by atoms with E-state index in [1.165, 1.54) is 18.2 Å². The molecule has 0 amide bonds. The van der Waals surface area contributed by atoms with Gasteiger partial charge < -0.3 is 4.74 Å². The van der Waals surface area contributed by atoms with Crippen LogP contribution in [0.25, 0.3) is 0 Å². The van der Waals surface area contributed by atoms with Gasteiger partial charge in [-0.05, 0) is 17.7 Å². The maximum absolute atomic E-state index is 13.2. The Bertz CT molecular complexity index is 564. The predicted molar refractivity (Wildman–Crippen MR) is 71.8 cm³/mol. The van der Waals surface area contributed by atoms with Crippen molar-refractivity contribution < 1.29 is 13.9 Å². The lowest BCUT2D eigenvalue weighted by Gasteiger charge is -2.10. The fourth-order valence-corrected chi connectivity index (χ4v) is 1.77. The van der Waals surface area contributed by atoms with Gasteiger partial charge in [-0.25, -0.2) is 4.39 Å². The maximum atomic E-state index is 13.2. The van der Waals surface area contributed by atoms with Gasteiger partial charge in [0.05, 0.1) is 5.56 Å². The Hall–Kier alpha value is -2.16. The number of ketones is 1. The van der Waals surface area contributed by atoms with E-state index in [0.29, 0.717) is 24.3 Å². The van der Waals surface area contributed by atoms with E-state index in [4.69, 9.17) is 4.74 Å². The number of halogens is 1. The molecule has 3 heteroatoms. The summed E-state index contributed by atoms with van der Waals surface area (Å²) < 4.78 is 18.8. The molecule has 0 fully saturated rings. The zero-order valence-electron chi connectivity index (χ0n) is 10.7. The summed E-state index contributed by atoms with van der Waals surface area (Å²) in [5.41, 5.74) is 1.40. The van der Waals surface area contributed by atoms with Crippen molar-refractivity contribution in [2.24, 2.45) is 0 Å². The normalized spacial score (nSPS) is 10.2. The summed E-state index contributed by atoms with van der Waals surface area (Å²) in [6, 6.07) is 13.6. The van der Waals surface area contributed by atoms with Crippen molar-refractivity contribution in [1.29, 1.82) is 0 Å². The monoisotopic (exact) mass is 258 g/mol. The summed E-state index contributed by atoms with van der Waals surface area (Å²) in [5.74, 6) is -0.158. The first kappa shape index (κ1) is 13.3. The minimum Gasteiger partial charge on any atom is -0.488 e. The lowest BCUT2D eigenvalue weighted by Crippen LogP contribution is -2.04. The van der Waals surface area contributed by atoms with Gasteiger partial charge in [0.15, 0.2) is 5.78 Å². The zero-order valence-corrected chi connectivity index (χ0v) is 10.7. The molecule has 0 saturated carbocycles. The number of hydrogen-bond acceptors (Lipinski definition) is 2. The number of Topliss-reactive ketones (excluding diaryl/α,β-unsaturated/α-hetero) is 1. The van der Waals surface area contributed by atoms with Gasteiger partial charge in [-0.3, -0.25) is 4.79 Å². The van der Waals surface area contributed by atoms with Crippen LogP contribution in [0.15, 0.2) is 48.5 Å². The van der Waals surface area contributed by atoms with Gasteiger partial charge >= 0.3 is 0 Å². The number of benzene rings is 2. The maximum Gasteiger partial charge on any atom is 0.166 e. The van der Waals surface area contributed by atoms with Crippen LogP contribution in [0, 0.1) is 5.82 Å². The van der Waals surface area contributed by atoms with Crippen molar-refractivity contribution in [2.75, 3.05) is 0 Å². The fraction of sp³-hybridized carbons (Fsp3) is 0.188. The first-order valence-electron chi connectivity index (χ1n) is 6.20. The standard InChI is InChI=1S/C16H15FO2/c1-2-15(18)14-9-8-13(17)10-16(14)19-11-12-6-4-3-5-7-12/h3-10H,2,11H2,1H3. The minimum atomic E-state index is -0.407. The van der Waals surface area contributed by atoms with Crippen LogP contribution in [0.3, 0.4) is 0 Å². The van der Waals surface area contributed by atoms with Crippen molar-refractivity contribution in [3.05, 3.63) is 65.5 Å². The van der Waals surface area contributed by atoms with Crippen LogP contribution in [-0.4, -0.2) is 5.78 Å². The van der Waals surface area contributed by atoms with Crippen LogP contribution in [-0.2, 0) is 6.61 Å². The predicted octanol–water partition coefficient (Wildman–Crippen LogP) is 4.00. The molecule has 0 aromatic heterocycles. The topological polar surface area (TPSA) is 26.3 Å². The largest absolute Gasteiger partial charge is 0.488 e. The van der Waals surface area contributed by atoms with E-state index in [9.17, 15) is 9.18 Å². The van der Waals surface area contributed by atoms with Crippen LogP contribution >= 0.6 is 0 Å². The molecule has 0 bridgehead atoms. The highest BCUT2D eigenvalue weighted by Gasteiger charge is 2.12. The van der Waals surface area contributed by atoms with Crippen LogP contribution < -0.4 is 4.74 Å². The second-order valence-corrected chi connectivity index (χ2v) is 4.19. The second kappa shape index (κ2) is 6.14. The van der Waals surface area contributed by atoms with Gasteiger partial charge in [-0.1, -0.05) is 37.3 Å². The first-order valence-corrected chi connectivity index (χ1v) is 6.20. The molecule has 0 aliphatic rings. The summed E-state index contributed by atoms with van der Waals surface area (Å²) >= 11 is 0. The van der Waals surface area contributed by atoms with Gasteiger partial charge in [0, 0.05) is 12.5 Å². The molecule has 0 atom stereocenters. The molecular weight excluding hydrogens is 243 g/mol. The van der Waals surface area contributed by atoms with Gasteiger partial charge in [-0.2, -0.15) is 0 Å². The van der Waals surface area contributed by atoms with Crippen molar-refractivity contribution in [3.63, 3.8) is 0 Å². The number of ether oxygens (including phenoxy) is 1. The molecule has 98 valence electrons. The van der Waals surface area contributed by atoms with Gasteiger partial charge in [0.1, 0.15) is 18.2 Å². The number of rotatable bonds is 5. The van der Waals surface area contributed by atoms with Crippen LogP contribution in [0.2, 0.25) is 0 Å². The smallest absolute Gasteiger partial charge is 0.166 e. The molecule has 0 spiro atoms. The van der Waals surface area contributed by atoms with Crippen LogP contribution in [0.5, 0.6) is 5.75 Å². The van der Waals surface area contributed by atoms with Gasteiger partial charge in [0.25, 0.3) is 0 Å². The number of hydrogen-bond donors (Lipinski definition) is 0. The highest BCUT2D eigenvalue weighted by molar-refractivity contribution is 5.98. The van der Waals surface area contributed by atoms with E-state index >= 15 is 0 Å². The molecule has 2 aromatic carbocycles. The highest BCUT2D eigenvalue weighted by Crippen LogP contribution is 2.22. The molecule has 0 radical (unpaired) electrons. The number of carbonyl (C=O) groups excluding carboxylic acids is 1. The average molecular weight is 258 g/mol. The Morgan fingerprint density at radius 1 is 1.16 bits per heavy atom. The molecule has 0 aliphatic heterocycles. The third kappa shape index (κ3) is 3.41. The molecule has 0 aliphatic carbocycles. The zero-order chi connectivity index (χ0) is 13.7. The lowest BCUT2D eigenvalue weighted by molar-refractivity contribution is 0.0983. The summed E-state index contributed by atoms with van der Waals surface area (Å²) in [7, 11) is 0. The first-order chi connectivity index (χ1) is 9.20. The Morgan fingerprint density at radius 3 is 2.58 bits per heavy atom. The summed E-state index contributed by atoms with van der Waals surface area (Å²) in [4.78, 5) is 11.8. The molecule has 0 N–H and O–H groups in total. The molecule has 0 unspecified atom stereocenters. The van der Waals surface area contributed by atoms with Crippen molar-refractivity contribution in [1.82, 2.24) is 0 Å². The Balaban J connectivity index is 2.19. The summed E-state index contributed by atoms with van der Waals surface area (Å²) in [5, 5.41) is 0. The Morgan fingerprint density at radius 2 is 1.89 bits per heavy atom. The third-order valence-corrected chi connectivity index (χ3v) is 2.80. The quantitative estimate of drug-likeness (QED) is 0.758. The summed E-state index contributed by atoms with van der Waals surface area (Å²) in [6.07, 6.45) is 0.368. The molecule has 0 saturated heterocycles. The fourth-order valence-electron chi connectivity index (χ4n) is 1.77. The van der Waals surface area contributed by atoms with Gasteiger partial charge in [0.2, 0.25) is 0 Å². The molecule has 2 rings (SSSR count). The van der Waals surface area contributed by atoms with E-state index < -0.39 is 5.82 Å². The summed E-state index contributed by atoms with van der Waals surface area (Å²) in [6.45, 7) is 2.08. The van der Waals surface area contributed by atoms with Gasteiger partial charge in [-0.15, -0.1) is 0 Å². The third-order valence-electron chi connectivity index (χ3n) is 2.80. The van der Waals surface area contributed by atoms with Crippen molar-refractivity contribution in [3.8, 4) is 5.75 Å². The number of carbonyl (C=O) groups is 1. The molecule has 2 aromatic rings. The lowest BCUT2D eigenvalue weighted by atomic mass is 10.1. The molecular formula is C16H15FO2.